The summed E-state index contributed by atoms with van der Waals surface area (Å²) in [6.45, 7) is 0. The third-order valence-corrected chi connectivity index (χ3v) is 3.32. The summed E-state index contributed by atoms with van der Waals surface area (Å²) in [6.07, 6.45) is 1.35. The maximum atomic E-state index is 13.0. The van der Waals surface area contributed by atoms with Gasteiger partial charge in [-0.15, -0.1) is 0 Å². The highest BCUT2D eigenvalue weighted by Crippen LogP contribution is 2.32. The van der Waals surface area contributed by atoms with Gasteiger partial charge in [-0.3, -0.25) is 4.79 Å². The largest absolute Gasteiger partial charge is 0.457 e. The van der Waals surface area contributed by atoms with Crippen LogP contribution < -0.4 is 5.32 Å². The van der Waals surface area contributed by atoms with Crippen LogP contribution in [0.1, 0.15) is 10.4 Å². The quantitative estimate of drug-likeness (QED) is 0.848. The van der Waals surface area contributed by atoms with Crippen molar-refractivity contribution in [2.24, 2.45) is 0 Å². The lowest BCUT2D eigenvalue weighted by molar-refractivity contribution is 0.102. The van der Waals surface area contributed by atoms with Gasteiger partial charge >= 0.3 is 0 Å². The average molecular weight is 353 g/mol. The minimum Gasteiger partial charge on any atom is -0.457 e. The van der Waals surface area contributed by atoms with Gasteiger partial charge in [0.2, 0.25) is 0 Å². The molecule has 2 aromatic rings. The van der Waals surface area contributed by atoms with Gasteiger partial charge in [-0.2, -0.15) is 0 Å². The third-order valence-electron chi connectivity index (χ3n) is 2.11. The molecule has 1 aromatic carbocycles. The molecule has 0 atom stereocenters. The van der Waals surface area contributed by atoms with Crippen LogP contribution in [-0.4, -0.2) is 5.91 Å². The standard InChI is InChI=1S/C11H5BrCl2FNO2/c12-10-6(1-2-18-10)11(17)16-9-7(13)3-5(15)4-8(9)14/h1-4H,(H,16,17). The van der Waals surface area contributed by atoms with E-state index in [4.69, 9.17) is 27.6 Å². The fourth-order valence-corrected chi connectivity index (χ4v) is 2.27. The van der Waals surface area contributed by atoms with Crippen molar-refractivity contribution < 1.29 is 13.6 Å². The van der Waals surface area contributed by atoms with Gasteiger partial charge in [0.05, 0.1) is 27.6 Å². The molecule has 0 aliphatic heterocycles. The van der Waals surface area contributed by atoms with Crippen molar-refractivity contribution >= 4 is 50.7 Å². The Balaban J connectivity index is 2.31. The molecule has 0 fully saturated rings. The van der Waals surface area contributed by atoms with Gasteiger partial charge in [0, 0.05) is 0 Å². The molecule has 0 aliphatic carbocycles. The zero-order chi connectivity index (χ0) is 13.3. The second-order valence-electron chi connectivity index (χ2n) is 3.31. The van der Waals surface area contributed by atoms with Gasteiger partial charge in [0.15, 0.2) is 4.67 Å². The highest BCUT2D eigenvalue weighted by atomic mass is 79.9. The van der Waals surface area contributed by atoms with Crippen molar-refractivity contribution in [3.8, 4) is 0 Å². The van der Waals surface area contributed by atoms with Crippen LogP contribution in [0.25, 0.3) is 0 Å². The molecular formula is C11H5BrCl2FNO2. The Kier molecular flexibility index (Phi) is 3.94. The maximum absolute atomic E-state index is 13.0. The smallest absolute Gasteiger partial charge is 0.260 e. The van der Waals surface area contributed by atoms with Crippen LogP contribution in [0, 0.1) is 5.82 Å². The van der Waals surface area contributed by atoms with Gasteiger partial charge in [-0.1, -0.05) is 23.2 Å². The lowest BCUT2D eigenvalue weighted by Crippen LogP contribution is -2.12. The molecule has 0 unspecified atom stereocenters. The van der Waals surface area contributed by atoms with E-state index in [0.29, 0.717) is 0 Å². The van der Waals surface area contributed by atoms with E-state index in [1.165, 1.54) is 12.3 Å². The van der Waals surface area contributed by atoms with E-state index in [9.17, 15) is 9.18 Å². The number of amides is 1. The van der Waals surface area contributed by atoms with Crippen molar-refractivity contribution in [2.75, 3.05) is 5.32 Å². The summed E-state index contributed by atoms with van der Waals surface area (Å²) in [5, 5.41) is 2.53. The van der Waals surface area contributed by atoms with Crippen LogP contribution in [0.3, 0.4) is 0 Å². The monoisotopic (exact) mass is 351 g/mol. The molecule has 7 heteroatoms. The van der Waals surface area contributed by atoms with E-state index in [0.717, 1.165) is 12.1 Å². The van der Waals surface area contributed by atoms with Crippen molar-refractivity contribution in [3.63, 3.8) is 0 Å². The van der Waals surface area contributed by atoms with Gasteiger partial charge in [-0.05, 0) is 34.1 Å². The minimum atomic E-state index is -0.576. The molecule has 3 nitrogen and oxygen atoms in total. The zero-order valence-electron chi connectivity index (χ0n) is 8.64. The van der Waals surface area contributed by atoms with Crippen LogP contribution in [0.2, 0.25) is 10.0 Å². The van der Waals surface area contributed by atoms with E-state index >= 15 is 0 Å². The average Bonchev–Trinajstić information content (AvgIpc) is 2.69. The Morgan fingerprint density at radius 1 is 1.33 bits per heavy atom. The number of rotatable bonds is 2. The predicted molar refractivity (Wildman–Crippen MR) is 70.8 cm³/mol. The van der Waals surface area contributed by atoms with Gasteiger partial charge in [0.25, 0.3) is 5.91 Å². The fourth-order valence-electron chi connectivity index (χ4n) is 1.30. The van der Waals surface area contributed by atoms with Crippen LogP contribution >= 0.6 is 39.1 Å². The first-order valence-electron chi connectivity index (χ1n) is 4.68. The van der Waals surface area contributed by atoms with Gasteiger partial charge < -0.3 is 9.73 Å². The van der Waals surface area contributed by atoms with Crippen LogP contribution in [-0.2, 0) is 0 Å². The summed E-state index contributed by atoms with van der Waals surface area (Å²) in [6, 6.07) is 3.60. The van der Waals surface area contributed by atoms with Crippen molar-refractivity contribution in [1.29, 1.82) is 0 Å². The second-order valence-corrected chi connectivity index (χ2v) is 4.84. The summed E-state index contributed by atoms with van der Waals surface area (Å²) in [7, 11) is 0. The van der Waals surface area contributed by atoms with Crippen molar-refractivity contribution in [2.45, 2.75) is 0 Å². The predicted octanol–water partition coefficient (Wildman–Crippen LogP) is 4.74. The molecule has 1 amide bonds. The van der Waals surface area contributed by atoms with E-state index in [1.54, 1.807) is 0 Å². The molecule has 1 N–H and O–H groups in total. The lowest BCUT2D eigenvalue weighted by atomic mass is 10.2. The highest BCUT2D eigenvalue weighted by molar-refractivity contribution is 9.10. The van der Waals surface area contributed by atoms with Gasteiger partial charge in [-0.25, -0.2) is 4.39 Å². The van der Waals surface area contributed by atoms with Crippen LogP contribution in [0.4, 0.5) is 10.1 Å². The second kappa shape index (κ2) is 5.30. The van der Waals surface area contributed by atoms with E-state index in [-0.39, 0.29) is 26.0 Å². The first-order valence-corrected chi connectivity index (χ1v) is 6.23. The van der Waals surface area contributed by atoms with E-state index in [2.05, 4.69) is 21.2 Å². The molecule has 0 radical (unpaired) electrons. The summed E-state index contributed by atoms with van der Waals surface area (Å²) in [4.78, 5) is 11.9. The summed E-state index contributed by atoms with van der Waals surface area (Å²) in [5.41, 5.74) is 0.435. The van der Waals surface area contributed by atoms with Crippen LogP contribution in [0.5, 0.6) is 0 Å². The number of nitrogens with one attached hydrogen (secondary N) is 1. The molecule has 2 rings (SSSR count). The van der Waals surface area contributed by atoms with Crippen LogP contribution in [0.15, 0.2) is 33.5 Å². The Bertz CT molecular complexity index is 592. The molecular weight excluding hydrogens is 348 g/mol. The molecule has 0 bridgehead atoms. The molecule has 1 heterocycles. The van der Waals surface area contributed by atoms with Gasteiger partial charge in [0.1, 0.15) is 5.82 Å². The number of anilines is 1. The highest BCUT2D eigenvalue weighted by Gasteiger charge is 2.16. The topological polar surface area (TPSA) is 42.2 Å². The Morgan fingerprint density at radius 2 is 1.94 bits per heavy atom. The molecule has 18 heavy (non-hydrogen) atoms. The Morgan fingerprint density at radius 3 is 2.44 bits per heavy atom. The maximum Gasteiger partial charge on any atom is 0.260 e. The SMILES string of the molecule is O=C(Nc1c(Cl)cc(F)cc1Cl)c1ccoc1Br. The van der Waals surface area contributed by atoms with E-state index in [1.807, 2.05) is 0 Å². The molecule has 0 saturated carbocycles. The molecule has 1 aromatic heterocycles. The first kappa shape index (κ1) is 13.4. The number of furan rings is 1. The summed E-state index contributed by atoms with van der Waals surface area (Å²) in [5.74, 6) is -1.04. The first-order chi connectivity index (χ1) is 8.49. The number of halogens is 4. The Labute approximate surface area is 120 Å². The summed E-state index contributed by atoms with van der Waals surface area (Å²) >= 11 is 14.7. The minimum absolute atomic E-state index is 0.0213. The zero-order valence-corrected chi connectivity index (χ0v) is 11.7. The number of carbonyl (C=O) groups excluding carboxylic acids is 1. The van der Waals surface area contributed by atoms with Crippen molar-refractivity contribution in [1.82, 2.24) is 0 Å². The molecule has 0 saturated heterocycles. The number of hydrogen-bond donors (Lipinski definition) is 1. The third kappa shape index (κ3) is 2.68. The number of benzene rings is 1. The number of hydrogen-bond acceptors (Lipinski definition) is 2. The Hall–Kier alpha value is -1.04. The van der Waals surface area contributed by atoms with Crippen molar-refractivity contribution in [3.05, 3.63) is 50.6 Å². The molecule has 0 spiro atoms. The van der Waals surface area contributed by atoms with E-state index < -0.39 is 11.7 Å². The fraction of sp³-hybridized carbons (Fsp3) is 0. The molecule has 0 aliphatic rings. The number of carbonyl (C=O) groups is 1. The molecule has 94 valence electrons. The lowest BCUT2D eigenvalue weighted by Gasteiger charge is -2.08. The normalized spacial score (nSPS) is 10.4. The summed E-state index contributed by atoms with van der Waals surface area (Å²) < 4.78 is 18.2.